The van der Waals surface area contributed by atoms with E-state index in [-0.39, 0.29) is 0 Å². The molecule has 1 spiro atoms. The van der Waals surface area contributed by atoms with Crippen molar-refractivity contribution in [1.82, 2.24) is 5.32 Å². The van der Waals surface area contributed by atoms with Crippen molar-refractivity contribution in [3.05, 3.63) is 12.2 Å². The molecule has 0 aromatic rings. The van der Waals surface area contributed by atoms with Crippen LogP contribution in [0.2, 0.25) is 0 Å². The standard InChI is InChI=1S/C9H15NO/c1-11-8-6-9(10-7-8)4-2-3-5-9/h2-3,8,10H,4-7H2,1H3. The van der Waals surface area contributed by atoms with E-state index in [1.165, 1.54) is 19.3 Å². The van der Waals surface area contributed by atoms with Crippen molar-refractivity contribution in [2.24, 2.45) is 0 Å². The maximum Gasteiger partial charge on any atom is 0.0713 e. The normalized spacial score (nSPS) is 33.7. The summed E-state index contributed by atoms with van der Waals surface area (Å²) in [5.41, 5.74) is 0.376. The molecule has 0 aromatic carbocycles. The van der Waals surface area contributed by atoms with Crippen molar-refractivity contribution in [3.63, 3.8) is 0 Å². The molecule has 2 nitrogen and oxygen atoms in total. The lowest BCUT2D eigenvalue weighted by molar-refractivity contribution is 0.113. The van der Waals surface area contributed by atoms with Gasteiger partial charge in [-0.25, -0.2) is 0 Å². The van der Waals surface area contributed by atoms with Crippen molar-refractivity contribution >= 4 is 0 Å². The van der Waals surface area contributed by atoms with E-state index < -0.39 is 0 Å². The van der Waals surface area contributed by atoms with Gasteiger partial charge in [-0.3, -0.25) is 0 Å². The first kappa shape index (κ1) is 7.32. The number of methoxy groups -OCH3 is 1. The monoisotopic (exact) mass is 153 g/mol. The fourth-order valence-corrected chi connectivity index (χ4v) is 2.09. The SMILES string of the molecule is COC1CNC2(CC=CC2)C1. The van der Waals surface area contributed by atoms with Crippen molar-refractivity contribution < 1.29 is 4.74 Å². The van der Waals surface area contributed by atoms with E-state index in [0.29, 0.717) is 11.6 Å². The summed E-state index contributed by atoms with van der Waals surface area (Å²) in [6.07, 6.45) is 8.53. The summed E-state index contributed by atoms with van der Waals surface area (Å²) >= 11 is 0. The Bertz CT molecular complexity index is 168. The molecule has 1 fully saturated rings. The summed E-state index contributed by atoms with van der Waals surface area (Å²) in [5, 5.41) is 3.55. The van der Waals surface area contributed by atoms with E-state index in [9.17, 15) is 0 Å². The molecule has 1 saturated heterocycles. The molecule has 11 heavy (non-hydrogen) atoms. The van der Waals surface area contributed by atoms with Crippen LogP contribution in [0.15, 0.2) is 12.2 Å². The molecule has 1 aliphatic carbocycles. The average Bonchev–Trinajstić information content (AvgIpc) is 2.62. The zero-order valence-corrected chi connectivity index (χ0v) is 6.97. The van der Waals surface area contributed by atoms with Crippen LogP contribution in [0, 0.1) is 0 Å². The Kier molecular flexibility index (Phi) is 1.74. The first-order valence-electron chi connectivity index (χ1n) is 4.27. The fraction of sp³-hybridized carbons (Fsp3) is 0.778. The second-order valence-corrected chi connectivity index (χ2v) is 3.60. The predicted molar refractivity (Wildman–Crippen MR) is 44.5 cm³/mol. The minimum Gasteiger partial charge on any atom is -0.380 e. The second kappa shape index (κ2) is 2.61. The van der Waals surface area contributed by atoms with E-state index in [2.05, 4.69) is 17.5 Å². The van der Waals surface area contributed by atoms with E-state index >= 15 is 0 Å². The summed E-state index contributed by atoms with van der Waals surface area (Å²) in [4.78, 5) is 0. The number of rotatable bonds is 1. The molecule has 1 heterocycles. The molecule has 2 heteroatoms. The number of hydrogen-bond acceptors (Lipinski definition) is 2. The molecule has 0 bridgehead atoms. The van der Waals surface area contributed by atoms with Crippen LogP contribution in [0.3, 0.4) is 0 Å². The third-order valence-corrected chi connectivity index (χ3v) is 2.84. The van der Waals surface area contributed by atoms with Gasteiger partial charge in [0.25, 0.3) is 0 Å². The van der Waals surface area contributed by atoms with Gasteiger partial charge in [0.15, 0.2) is 0 Å². The lowest BCUT2D eigenvalue weighted by Gasteiger charge is -2.22. The molecule has 62 valence electrons. The summed E-state index contributed by atoms with van der Waals surface area (Å²) in [6.45, 7) is 1.03. The van der Waals surface area contributed by atoms with E-state index in [1.807, 2.05) is 0 Å². The van der Waals surface area contributed by atoms with E-state index in [4.69, 9.17) is 4.74 Å². The Hall–Kier alpha value is -0.340. The van der Waals surface area contributed by atoms with Crippen LogP contribution in [0.4, 0.5) is 0 Å². The zero-order valence-electron chi connectivity index (χ0n) is 6.97. The largest absolute Gasteiger partial charge is 0.380 e. The van der Waals surface area contributed by atoms with Crippen molar-refractivity contribution in [1.29, 1.82) is 0 Å². The Labute approximate surface area is 67.6 Å². The molecular weight excluding hydrogens is 138 g/mol. The lowest BCUT2D eigenvalue weighted by atomic mass is 9.94. The molecule has 1 N–H and O–H groups in total. The van der Waals surface area contributed by atoms with Gasteiger partial charge in [0.05, 0.1) is 6.10 Å². The zero-order chi connectivity index (χ0) is 7.73. The molecule has 1 aliphatic heterocycles. The first-order valence-corrected chi connectivity index (χ1v) is 4.27. The fourth-order valence-electron chi connectivity index (χ4n) is 2.09. The molecule has 2 rings (SSSR count). The number of nitrogens with one attached hydrogen (secondary N) is 1. The van der Waals surface area contributed by atoms with Crippen molar-refractivity contribution in [2.75, 3.05) is 13.7 Å². The Morgan fingerprint density at radius 3 is 2.73 bits per heavy atom. The first-order chi connectivity index (χ1) is 5.35. The van der Waals surface area contributed by atoms with Gasteiger partial charge in [0.1, 0.15) is 0 Å². The maximum atomic E-state index is 5.31. The molecule has 2 aliphatic rings. The van der Waals surface area contributed by atoms with Crippen LogP contribution in [0.5, 0.6) is 0 Å². The molecule has 0 aromatic heterocycles. The van der Waals surface area contributed by atoms with Gasteiger partial charge in [-0.2, -0.15) is 0 Å². The van der Waals surface area contributed by atoms with Gasteiger partial charge >= 0.3 is 0 Å². The highest BCUT2D eigenvalue weighted by Crippen LogP contribution is 2.32. The molecule has 0 saturated carbocycles. The number of ether oxygens (including phenoxy) is 1. The van der Waals surface area contributed by atoms with E-state index in [0.717, 1.165) is 6.54 Å². The number of hydrogen-bond donors (Lipinski definition) is 1. The summed E-state index contributed by atoms with van der Waals surface area (Å²) in [7, 11) is 1.80. The van der Waals surface area contributed by atoms with Crippen LogP contribution >= 0.6 is 0 Å². The quantitative estimate of drug-likeness (QED) is 0.569. The van der Waals surface area contributed by atoms with Gasteiger partial charge in [-0.05, 0) is 19.3 Å². The van der Waals surface area contributed by atoms with Gasteiger partial charge in [-0.15, -0.1) is 0 Å². The summed E-state index contributed by atoms with van der Waals surface area (Å²) in [6, 6.07) is 0. The van der Waals surface area contributed by atoms with Gasteiger partial charge in [-0.1, -0.05) is 12.2 Å². The third kappa shape index (κ3) is 1.21. The van der Waals surface area contributed by atoms with Crippen LogP contribution < -0.4 is 5.32 Å². The van der Waals surface area contributed by atoms with Gasteiger partial charge < -0.3 is 10.1 Å². The Morgan fingerprint density at radius 2 is 2.18 bits per heavy atom. The highest BCUT2D eigenvalue weighted by Gasteiger charge is 2.38. The third-order valence-electron chi connectivity index (χ3n) is 2.84. The van der Waals surface area contributed by atoms with E-state index in [1.54, 1.807) is 7.11 Å². The maximum absolute atomic E-state index is 5.31. The summed E-state index contributed by atoms with van der Waals surface area (Å²) in [5.74, 6) is 0. The smallest absolute Gasteiger partial charge is 0.0713 e. The van der Waals surface area contributed by atoms with Crippen LogP contribution in [0.1, 0.15) is 19.3 Å². The van der Waals surface area contributed by atoms with Crippen molar-refractivity contribution in [3.8, 4) is 0 Å². The summed E-state index contributed by atoms with van der Waals surface area (Å²) < 4.78 is 5.31. The topological polar surface area (TPSA) is 21.3 Å². The molecule has 0 radical (unpaired) electrons. The minimum atomic E-state index is 0.376. The van der Waals surface area contributed by atoms with Crippen LogP contribution in [-0.2, 0) is 4.74 Å². The lowest BCUT2D eigenvalue weighted by Crippen LogP contribution is -2.36. The average molecular weight is 153 g/mol. The highest BCUT2D eigenvalue weighted by atomic mass is 16.5. The Balaban J connectivity index is 1.98. The minimum absolute atomic E-state index is 0.376. The highest BCUT2D eigenvalue weighted by molar-refractivity contribution is 5.12. The van der Waals surface area contributed by atoms with Gasteiger partial charge in [0.2, 0.25) is 0 Å². The molecule has 1 atom stereocenters. The molecule has 1 unspecified atom stereocenters. The molecule has 0 amide bonds. The van der Waals surface area contributed by atoms with Crippen LogP contribution in [-0.4, -0.2) is 25.3 Å². The van der Waals surface area contributed by atoms with Crippen molar-refractivity contribution in [2.45, 2.75) is 30.9 Å². The second-order valence-electron chi connectivity index (χ2n) is 3.60. The van der Waals surface area contributed by atoms with Crippen LogP contribution in [0.25, 0.3) is 0 Å². The molecular formula is C9H15NO. The Morgan fingerprint density at radius 1 is 1.45 bits per heavy atom. The van der Waals surface area contributed by atoms with Gasteiger partial charge in [0, 0.05) is 19.2 Å². The predicted octanol–water partition coefficient (Wildman–Crippen LogP) is 1.08.